The number of nitrogens with one attached hydrogen (secondary N) is 1. The van der Waals surface area contributed by atoms with E-state index in [-0.39, 0.29) is 25.7 Å². The molecule has 1 saturated heterocycles. The van der Waals surface area contributed by atoms with Crippen molar-refractivity contribution in [2.75, 3.05) is 6.61 Å². The lowest BCUT2D eigenvalue weighted by atomic mass is 9.96. The van der Waals surface area contributed by atoms with Gasteiger partial charge in [-0.25, -0.2) is 4.79 Å². The van der Waals surface area contributed by atoms with Crippen molar-refractivity contribution in [1.29, 1.82) is 0 Å². The summed E-state index contributed by atoms with van der Waals surface area (Å²) >= 11 is 0. The molecule has 1 amide bonds. The molecule has 7 nitrogen and oxygen atoms in total. The number of amides is 1. The van der Waals surface area contributed by atoms with Crippen LogP contribution in [0.1, 0.15) is 23.6 Å². The Balaban J connectivity index is 1.54. The number of ether oxygens (including phenoxy) is 4. The topological polar surface area (TPSA) is 83.1 Å². The van der Waals surface area contributed by atoms with E-state index in [0.717, 1.165) is 16.7 Å². The SMILES string of the molecule is CC(=O)N[C@H]1C(=O)O[C@H](COCc2ccccc2)[C@@H](OCc2ccccc2)[C@@H]1OCc1ccccc1. The molecule has 3 aromatic carbocycles. The van der Waals surface area contributed by atoms with Gasteiger partial charge in [0, 0.05) is 6.92 Å². The van der Waals surface area contributed by atoms with Gasteiger partial charge in [0.15, 0.2) is 12.1 Å². The van der Waals surface area contributed by atoms with Crippen LogP contribution >= 0.6 is 0 Å². The highest BCUT2D eigenvalue weighted by Gasteiger charge is 2.48. The Hall–Kier alpha value is -3.52. The van der Waals surface area contributed by atoms with Gasteiger partial charge >= 0.3 is 5.97 Å². The van der Waals surface area contributed by atoms with Gasteiger partial charge in [-0.2, -0.15) is 0 Å². The zero-order valence-electron chi connectivity index (χ0n) is 20.2. The number of hydrogen-bond donors (Lipinski definition) is 1. The zero-order chi connectivity index (χ0) is 25.2. The Morgan fingerprint density at radius 2 is 1.22 bits per heavy atom. The van der Waals surface area contributed by atoms with Crippen LogP contribution in [0.25, 0.3) is 0 Å². The van der Waals surface area contributed by atoms with Crippen LogP contribution in [0, 0.1) is 0 Å². The molecule has 0 saturated carbocycles. The first-order chi connectivity index (χ1) is 17.6. The number of benzene rings is 3. The van der Waals surface area contributed by atoms with Crippen LogP contribution in [-0.4, -0.2) is 42.8 Å². The summed E-state index contributed by atoms with van der Waals surface area (Å²) in [5.41, 5.74) is 2.92. The fourth-order valence-electron chi connectivity index (χ4n) is 4.11. The minimum absolute atomic E-state index is 0.123. The van der Waals surface area contributed by atoms with Crippen molar-refractivity contribution < 1.29 is 28.5 Å². The van der Waals surface area contributed by atoms with Gasteiger partial charge in [-0.1, -0.05) is 91.0 Å². The normalized spacial score (nSPS) is 21.5. The van der Waals surface area contributed by atoms with Crippen LogP contribution < -0.4 is 5.32 Å². The molecular formula is C29H31NO6. The maximum Gasteiger partial charge on any atom is 0.331 e. The molecular weight excluding hydrogens is 458 g/mol. The summed E-state index contributed by atoms with van der Waals surface area (Å²) in [7, 11) is 0. The summed E-state index contributed by atoms with van der Waals surface area (Å²) in [6.07, 6.45) is -2.15. The van der Waals surface area contributed by atoms with Gasteiger partial charge in [0.05, 0.1) is 26.4 Å². The van der Waals surface area contributed by atoms with Crippen LogP contribution in [0.5, 0.6) is 0 Å². The monoisotopic (exact) mass is 489 g/mol. The molecule has 0 aliphatic carbocycles. The van der Waals surface area contributed by atoms with Crippen molar-refractivity contribution in [2.45, 2.75) is 51.1 Å². The number of carbonyl (C=O) groups is 2. The number of rotatable bonds is 11. The molecule has 1 aliphatic rings. The van der Waals surface area contributed by atoms with Gasteiger partial charge in [0.25, 0.3) is 0 Å². The molecule has 36 heavy (non-hydrogen) atoms. The fraction of sp³-hybridized carbons (Fsp3) is 0.310. The molecule has 7 heteroatoms. The zero-order valence-corrected chi connectivity index (χ0v) is 20.2. The summed E-state index contributed by atoms with van der Waals surface area (Å²) in [5, 5.41) is 2.69. The van der Waals surface area contributed by atoms with Gasteiger partial charge in [-0.05, 0) is 16.7 Å². The van der Waals surface area contributed by atoms with Gasteiger partial charge in [-0.15, -0.1) is 0 Å². The van der Waals surface area contributed by atoms with Crippen molar-refractivity contribution >= 4 is 11.9 Å². The molecule has 0 spiro atoms. The van der Waals surface area contributed by atoms with Crippen molar-refractivity contribution in [2.24, 2.45) is 0 Å². The first kappa shape index (κ1) is 25.6. The first-order valence-electron chi connectivity index (χ1n) is 12.0. The van der Waals surface area contributed by atoms with Crippen molar-refractivity contribution in [3.05, 3.63) is 108 Å². The second kappa shape index (κ2) is 13.0. The van der Waals surface area contributed by atoms with E-state index in [4.69, 9.17) is 18.9 Å². The predicted molar refractivity (Wildman–Crippen MR) is 134 cm³/mol. The van der Waals surface area contributed by atoms with Gasteiger partial charge < -0.3 is 24.3 Å². The van der Waals surface area contributed by atoms with Crippen molar-refractivity contribution in [3.63, 3.8) is 0 Å². The Kier molecular flexibility index (Phi) is 9.21. The highest BCUT2D eigenvalue weighted by atomic mass is 16.6. The smallest absolute Gasteiger partial charge is 0.331 e. The molecule has 1 aliphatic heterocycles. The largest absolute Gasteiger partial charge is 0.455 e. The summed E-state index contributed by atoms with van der Waals surface area (Å²) in [4.78, 5) is 24.9. The Bertz CT molecular complexity index is 1090. The van der Waals surface area contributed by atoms with Crippen LogP contribution in [0.3, 0.4) is 0 Å². The molecule has 4 rings (SSSR count). The molecule has 188 valence electrons. The lowest BCUT2D eigenvalue weighted by molar-refractivity contribution is -0.213. The molecule has 1 heterocycles. The quantitative estimate of drug-likeness (QED) is 0.413. The third kappa shape index (κ3) is 7.24. The van der Waals surface area contributed by atoms with Gasteiger partial charge in [-0.3, -0.25) is 4.79 Å². The predicted octanol–water partition coefficient (Wildman–Crippen LogP) is 3.80. The lowest BCUT2D eigenvalue weighted by Gasteiger charge is -2.41. The molecule has 4 atom stereocenters. The van der Waals surface area contributed by atoms with Gasteiger partial charge in [0.2, 0.25) is 5.91 Å². The van der Waals surface area contributed by atoms with Crippen molar-refractivity contribution in [3.8, 4) is 0 Å². The number of hydrogen-bond acceptors (Lipinski definition) is 6. The summed E-state index contributed by atoms with van der Waals surface area (Å²) in [6, 6.07) is 28.1. The number of cyclic esters (lactones) is 1. The third-order valence-electron chi connectivity index (χ3n) is 5.86. The van der Waals surface area contributed by atoms with Crippen LogP contribution in [0.2, 0.25) is 0 Å². The Morgan fingerprint density at radius 3 is 1.72 bits per heavy atom. The molecule has 1 fully saturated rings. The average Bonchev–Trinajstić information content (AvgIpc) is 2.90. The van der Waals surface area contributed by atoms with Gasteiger partial charge in [0.1, 0.15) is 12.2 Å². The highest BCUT2D eigenvalue weighted by molar-refractivity contribution is 5.84. The van der Waals surface area contributed by atoms with E-state index in [0.29, 0.717) is 6.61 Å². The van der Waals surface area contributed by atoms with E-state index in [2.05, 4.69) is 5.32 Å². The Morgan fingerprint density at radius 1 is 0.750 bits per heavy atom. The minimum atomic E-state index is -1.00. The summed E-state index contributed by atoms with van der Waals surface area (Å²) < 4.78 is 24.2. The van der Waals surface area contributed by atoms with Crippen LogP contribution in [0.15, 0.2) is 91.0 Å². The van der Waals surface area contributed by atoms with E-state index in [1.165, 1.54) is 6.92 Å². The van der Waals surface area contributed by atoms with E-state index in [1.54, 1.807) is 0 Å². The standard InChI is InChI=1S/C29H31NO6/c1-21(31)30-26-28(35-19-24-15-9-4-10-16-24)27(34-18-23-13-7-3-8-14-23)25(36-29(26)32)20-33-17-22-11-5-2-6-12-22/h2-16,25-28H,17-20H2,1H3,(H,30,31)/t25-,26-,27-,28-/m1/s1. The van der Waals surface area contributed by atoms with Crippen molar-refractivity contribution in [1.82, 2.24) is 5.32 Å². The molecule has 3 aromatic rings. The van der Waals surface area contributed by atoms with E-state index in [1.807, 2.05) is 91.0 Å². The average molecular weight is 490 g/mol. The second-order valence-electron chi connectivity index (χ2n) is 8.68. The maximum atomic E-state index is 13.0. The molecule has 0 unspecified atom stereocenters. The lowest BCUT2D eigenvalue weighted by Crippen LogP contribution is -2.63. The number of esters is 1. The summed E-state index contributed by atoms with van der Waals surface area (Å²) in [5.74, 6) is -0.929. The second-order valence-corrected chi connectivity index (χ2v) is 8.68. The highest BCUT2D eigenvalue weighted by Crippen LogP contribution is 2.26. The Labute approximate surface area is 211 Å². The fourth-order valence-corrected chi connectivity index (χ4v) is 4.11. The maximum absolute atomic E-state index is 13.0. The molecule has 1 N–H and O–H groups in total. The van der Waals surface area contributed by atoms with E-state index < -0.39 is 30.3 Å². The van der Waals surface area contributed by atoms with E-state index in [9.17, 15) is 9.59 Å². The van der Waals surface area contributed by atoms with Crippen LogP contribution in [0.4, 0.5) is 0 Å². The molecule has 0 bridgehead atoms. The third-order valence-corrected chi connectivity index (χ3v) is 5.86. The van der Waals surface area contributed by atoms with E-state index >= 15 is 0 Å². The van der Waals surface area contributed by atoms with Crippen LogP contribution in [-0.2, 0) is 48.4 Å². The molecule has 0 radical (unpaired) electrons. The number of carbonyl (C=O) groups excluding carboxylic acids is 2. The molecule has 0 aromatic heterocycles. The first-order valence-corrected chi connectivity index (χ1v) is 12.0. The minimum Gasteiger partial charge on any atom is -0.455 e. The summed E-state index contributed by atoms with van der Waals surface area (Å²) in [6.45, 7) is 2.38.